The lowest BCUT2D eigenvalue weighted by atomic mass is 9.78. The summed E-state index contributed by atoms with van der Waals surface area (Å²) >= 11 is 1.44. The van der Waals surface area contributed by atoms with Crippen molar-refractivity contribution in [2.45, 2.75) is 50.9 Å². The number of hydrogen-bond donors (Lipinski definition) is 1. The van der Waals surface area contributed by atoms with Gasteiger partial charge in [-0.25, -0.2) is 0 Å². The van der Waals surface area contributed by atoms with Crippen LogP contribution in [-0.2, 0) is 11.3 Å². The molecule has 1 fully saturated rings. The predicted octanol–water partition coefficient (Wildman–Crippen LogP) is 4.42. The molecule has 2 aromatic heterocycles. The van der Waals surface area contributed by atoms with Gasteiger partial charge in [0.1, 0.15) is 0 Å². The van der Waals surface area contributed by atoms with E-state index < -0.39 is 0 Å². The zero-order valence-corrected chi connectivity index (χ0v) is 18.9. The molecule has 6 nitrogen and oxygen atoms in total. The summed E-state index contributed by atoms with van der Waals surface area (Å²) in [5, 5.41) is 12.8. The van der Waals surface area contributed by atoms with E-state index in [1.165, 1.54) is 24.6 Å². The first kappa shape index (κ1) is 21.6. The Kier molecular flexibility index (Phi) is 7.02. The first-order chi connectivity index (χ1) is 15.1. The summed E-state index contributed by atoms with van der Waals surface area (Å²) in [7, 11) is 0. The third-order valence-corrected chi connectivity index (χ3v) is 7.17. The Labute approximate surface area is 187 Å². The fraction of sp³-hybridized carbons (Fsp3) is 0.417. The minimum atomic E-state index is 0.0631. The molecule has 1 N–H and O–H groups in total. The lowest BCUT2D eigenvalue weighted by molar-refractivity contribution is -0.120. The number of amides is 1. The van der Waals surface area contributed by atoms with Gasteiger partial charge in [-0.1, -0.05) is 68.8 Å². The van der Waals surface area contributed by atoms with E-state index in [1.54, 1.807) is 12.4 Å². The minimum Gasteiger partial charge on any atom is -0.352 e. The van der Waals surface area contributed by atoms with Crippen LogP contribution in [0.1, 0.15) is 38.7 Å². The molecule has 3 atom stereocenters. The van der Waals surface area contributed by atoms with Crippen molar-refractivity contribution in [1.29, 1.82) is 0 Å². The Balaban J connectivity index is 1.48. The van der Waals surface area contributed by atoms with Crippen LogP contribution >= 0.6 is 11.8 Å². The SMILES string of the molecule is CC1CCCC(NC(=O)CSc2nnc(-c3cccnc3)n2Cc2ccccc2)C1C. The van der Waals surface area contributed by atoms with E-state index in [4.69, 9.17) is 0 Å². The Morgan fingerprint density at radius 3 is 2.74 bits per heavy atom. The van der Waals surface area contributed by atoms with Crippen molar-refractivity contribution in [3.63, 3.8) is 0 Å². The summed E-state index contributed by atoms with van der Waals surface area (Å²) in [6, 6.07) is 14.4. The molecule has 1 aromatic carbocycles. The number of pyridine rings is 1. The number of hydrogen-bond acceptors (Lipinski definition) is 5. The number of benzene rings is 1. The first-order valence-corrected chi connectivity index (χ1v) is 11.9. The molecule has 3 aromatic rings. The Hall–Kier alpha value is -2.67. The maximum atomic E-state index is 12.7. The molecule has 2 heterocycles. The van der Waals surface area contributed by atoms with Gasteiger partial charge in [0.05, 0.1) is 12.3 Å². The highest BCUT2D eigenvalue weighted by Gasteiger charge is 2.28. The molecular formula is C24H29N5OS. The third kappa shape index (κ3) is 5.34. The molecule has 1 aliphatic rings. The van der Waals surface area contributed by atoms with Crippen LogP contribution in [-0.4, -0.2) is 37.5 Å². The molecule has 0 aliphatic heterocycles. The van der Waals surface area contributed by atoms with E-state index >= 15 is 0 Å². The normalized spacial score (nSPS) is 21.0. The highest BCUT2D eigenvalue weighted by atomic mass is 32.2. The second-order valence-electron chi connectivity index (χ2n) is 8.35. The van der Waals surface area contributed by atoms with Gasteiger partial charge in [-0.05, 0) is 36.0 Å². The summed E-state index contributed by atoms with van der Waals surface area (Å²) in [6.45, 7) is 5.17. The fourth-order valence-electron chi connectivity index (χ4n) is 4.18. The molecule has 7 heteroatoms. The summed E-state index contributed by atoms with van der Waals surface area (Å²) in [5.74, 6) is 2.32. The first-order valence-electron chi connectivity index (χ1n) is 10.9. The molecule has 3 unspecified atom stereocenters. The van der Waals surface area contributed by atoms with E-state index in [0.29, 0.717) is 24.1 Å². The Bertz CT molecular complexity index is 992. The van der Waals surface area contributed by atoms with Crippen molar-refractivity contribution in [2.75, 3.05) is 5.75 Å². The average Bonchev–Trinajstić information content (AvgIpc) is 3.19. The van der Waals surface area contributed by atoms with Crippen LogP contribution in [0.4, 0.5) is 0 Å². The number of carbonyl (C=O) groups is 1. The van der Waals surface area contributed by atoms with Gasteiger partial charge in [0.15, 0.2) is 11.0 Å². The second-order valence-corrected chi connectivity index (χ2v) is 9.29. The Morgan fingerprint density at radius 2 is 1.97 bits per heavy atom. The van der Waals surface area contributed by atoms with Crippen molar-refractivity contribution < 1.29 is 4.79 Å². The highest BCUT2D eigenvalue weighted by molar-refractivity contribution is 7.99. The molecule has 1 aliphatic carbocycles. The number of aromatic nitrogens is 4. The quantitative estimate of drug-likeness (QED) is 0.556. The van der Waals surface area contributed by atoms with Gasteiger partial charge in [0.25, 0.3) is 0 Å². The monoisotopic (exact) mass is 435 g/mol. The van der Waals surface area contributed by atoms with E-state index in [2.05, 4.69) is 51.0 Å². The third-order valence-electron chi connectivity index (χ3n) is 6.21. The van der Waals surface area contributed by atoms with Gasteiger partial charge in [0.2, 0.25) is 5.91 Å². The molecule has 0 saturated heterocycles. The fourth-order valence-corrected chi connectivity index (χ4v) is 4.93. The molecule has 0 spiro atoms. The van der Waals surface area contributed by atoms with Gasteiger partial charge in [-0.2, -0.15) is 0 Å². The lowest BCUT2D eigenvalue weighted by Gasteiger charge is -2.34. The van der Waals surface area contributed by atoms with Crippen molar-refractivity contribution in [1.82, 2.24) is 25.1 Å². The van der Waals surface area contributed by atoms with E-state index in [-0.39, 0.29) is 11.9 Å². The summed E-state index contributed by atoms with van der Waals surface area (Å²) in [6.07, 6.45) is 7.04. The topological polar surface area (TPSA) is 72.7 Å². The van der Waals surface area contributed by atoms with Crippen LogP contribution in [0.5, 0.6) is 0 Å². The summed E-state index contributed by atoms with van der Waals surface area (Å²) in [5.41, 5.74) is 2.07. The van der Waals surface area contributed by atoms with E-state index in [9.17, 15) is 4.79 Å². The molecule has 31 heavy (non-hydrogen) atoms. The summed E-state index contributed by atoms with van der Waals surface area (Å²) < 4.78 is 2.07. The van der Waals surface area contributed by atoms with Crippen molar-refractivity contribution in [2.24, 2.45) is 11.8 Å². The van der Waals surface area contributed by atoms with Crippen LogP contribution in [0.3, 0.4) is 0 Å². The molecule has 0 bridgehead atoms. The van der Waals surface area contributed by atoms with Crippen LogP contribution in [0, 0.1) is 11.8 Å². The van der Waals surface area contributed by atoms with Crippen molar-refractivity contribution >= 4 is 17.7 Å². The second kappa shape index (κ2) is 10.1. The van der Waals surface area contributed by atoms with Crippen molar-refractivity contribution in [3.8, 4) is 11.4 Å². The van der Waals surface area contributed by atoms with Gasteiger partial charge in [-0.3, -0.25) is 14.3 Å². The largest absolute Gasteiger partial charge is 0.352 e. The lowest BCUT2D eigenvalue weighted by Crippen LogP contribution is -2.44. The van der Waals surface area contributed by atoms with Gasteiger partial charge in [0, 0.05) is 24.0 Å². The maximum Gasteiger partial charge on any atom is 0.230 e. The van der Waals surface area contributed by atoms with E-state index in [1.807, 2.05) is 30.3 Å². The zero-order valence-electron chi connectivity index (χ0n) is 18.1. The molecule has 4 rings (SSSR count). The smallest absolute Gasteiger partial charge is 0.230 e. The summed E-state index contributed by atoms with van der Waals surface area (Å²) in [4.78, 5) is 16.9. The minimum absolute atomic E-state index is 0.0631. The zero-order chi connectivity index (χ0) is 21.6. The highest BCUT2D eigenvalue weighted by Crippen LogP contribution is 2.30. The van der Waals surface area contributed by atoms with Crippen molar-refractivity contribution in [3.05, 3.63) is 60.4 Å². The van der Waals surface area contributed by atoms with Gasteiger partial charge < -0.3 is 5.32 Å². The van der Waals surface area contributed by atoms with Gasteiger partial charge in [-0.15, -0.1) is 10.2 Å². The van der Waals surface area contributed by atoms with Crippen LogP contribution in [0.15, 0.2) is 60.0 Å². The number of carbonyl (C=O) groups excluding carboxylic acids is 1. The molecule has 0 radical (unpaired) electrons. The average molecular weight is 436 g/mol. The number of thioether (sulfide) groups is 1. The molecule has 162 valence electrons. The van der Waals surface area contributed by atoms with Crippen LogP contribution in [0.2, 0.25) is 0 Å². The molecule has 1 amide bonds. The number of nitrogens with zero attached hydrogens (tertiary/aromatic N) is 4. The number of rotatable bonds is 7. The number of nitrogens with one attached hydrogen (secondary N) is 1. The standard InChI is InChI=1S/C24H29N5OS/c1-17-8-6-12-21(18(17)2)26-22(30)16-31-24-28-27-23(20-11-7-13-25-14-20)29(24)15-19-9-4-3-5-10-19/h3-5,7,9-11,13-14,17-18,21H,6,8,12,15-16H2,1-2H3,(H,26,30). The Morgan fingerprint density at radius 1 is 1.13 bits per heavy atom. The predicted molar refractivity (Wildman–Crippen MR) is 124 cm³/mol. The maximum absolute atomic E-state index is 12.7. The van der Waals surface area contributed by atoms with Crippen LogP contribution < -0.4 is 5.32 Å². The molecule has 1 saturated carbocycles. The molecular weight excluding hydrogens is 406 g/mol. The van der Waals surface area contributed by atoms with Gasteiger partial charge >= 0.3 is 0 Å². The van der Waals surface area contributed by atoms with Crippen LogP contribution in [0.25, 0.3) is 11.4 Å². The van der Waals surface area contributed by atoms with E-state index in [0.717, 1.165) is 28.5 Å².